The highest BCUT2D eigenvalue weighted by atomic mass is 16.5. The largest absolute Gasteiger partial charge is 0.383 e. The molecule has 1 aromatic rings. The number of hydrogen-bond donors (Lipinski definition) is 0. The first-order chi connectivity index (χ1) is 11.7. The molecular formula is C19H27N3O2. The molecule has 1 spiro atoms. The lowest BCUT2D eigenvalue weighted by atomic mass is 9.87. The number of hydrogen-bond acceptors (Lipinski definition) is 5. The number of nitriles is 1. The van der Waals surface area contributed by atoms with Crippen LogP contribution < -0.4 is 0 Å². The van der Waals surface area contributed by atoms with Crippen LogP contribution in [0.5, 0.6) is 0 Å². The highest BCUT2D eigenvalue weighted by Crippen LogP contribution is 2.33. The molecule has 24 heavy (non-hydrogen) atoms. The number of likely N-dealkylation sites (tertiary alicyclic amines) is 1. The Morgan fingerprint density at radius 3 is 3.00 bits per heavy atom. The molecule has 0 aliphatic carbocycles. The molecule has 130 valence electrons. The van der Waals surface area contributed by atoms with Gasteiger partial charge in [-0.2, -0.15) is 5.26 Å². The quantitative estimate of drug-likeness (QED) is 0.823. The molecule has 2 aliphatic rings. The van der Waals surface area contributed by atoms with Gasteiger partial charge in [0.25, 0.3) is 0 Å². The van der Waals surface area contributed by atoms with Gasteiger partial charge in [-0.15, -0.1) is 0 Å². The third-order valence-electron chi connectivity index (χ3n) is 5.11. The summed E-state index contributed by atoms with van der Waals surface area (Å²) in [6, 6.07) is 10.2. The first kappa shape index (κ1) is 17.4. The van der Waals surface area contributed by atoms with Crippen molar-refractivity contribution in [2.75, 3.05) is 59.7 Å². The normalized spacial score (nSPS) is 25.7. The Hall–Kier alpha value is -1.45. The molecule has 5 nitrogen and oxygen atoms in total. The number of rotatable bonds is 5. The van der Waals surface area contributed by atoms with Crippen LogP contribution >= 0.6 is 0 Å². The van der Waals surface area contributed by atoms with E-state index in [9.17, 15) is 0 Å². The summed E-state index contributed by atoms with van der Waals surface area (Å²) < 4.78 is 11.2. The predicted octanol–water partition coefficient (Wildman–Crippen LogP) is 1.73. The zero-order chi connectivity index (χ0) is 16.8. The second-order valence-corrected chi connectivity index (χ2v) is 7.09. The van der Waals surface area contributed by atoms with E-state index in [1.807, 2.05) is 18.2 Å². The van der Waals surface area contributed by atoms with E-state index in [4.69, 9.17) is 14.7 Å². The summed E-state index contributed by atoms with van der Waals surface area (Å²) in [6.07, 6.45) is 1.19. The van der Waals surface area contributed by atoms with E-state index in [0.717, 1.165) is 64.7 Å². The molecule has 1 unspecified atom stereocenters. The van der Waals surface area contributed by atoms with E-state index in [-0.39, 0.29) is 5.41 Å². The predicted molar refractivity (Wildman–Crippen MR) is 92.6 cm³/mol. The minimum absolute atomic E-state index is 0.233. The molecule has 1 atom stereocenters. The van der Waals surface area contributed by atoms with Gasteiger partial charge < -0.3 is 14.4 Å². The SMILES string of the molecule is COCCN1CCC2(COCCN(Cc3cccc(C#N)c3)C2)C1. The van der Waals surface area contributed by atoms with E-state index in [0.29, 0.717) is 0 Å². The summed E-state index contributed by atoms with van der Waals surface area (Å²) in [6.45, 7) is 8.56. The Labute approximate surface area is 144 Å². The molecule has 0 aromatic heterocycles. The summed E-state index contributed by atoms with van der Waals surface area (Å²) in [4.78, 5) is 4.98. The lowest BCUT2D eigenvalue weighted by Crippen LogP contribution is -2.40. The number of nitrogens with zero attached hydrogens (tertiary/aromatic N) is 3. The number of ether oxygens (including phenoxy) is 2. The lowest BCUT2D eigenvalue weighted by Gasteiger charge is -2.32. The molecule has 5 heteroatoms. The molecule has 3 rings (SSSR count). The zero-order valence-corrected chi connectivity index (χ0v) is 14.5. The zero-order valence-electron chi connectivity index (χ0n) is 14.5. The van der Waals surface area contributed by atoms with E-state index < -0.39 is 0 Å². The fourth-order valence-corrected chi connectivity index (χ4v) is 3.90. The maximum Gasteiger partial charge on any atom is 0.0991 e. The highest BCUT2D eigenvalue weighted by molar-refractivity contribution is 5.32. The molecule has 0 amide bonds. The first-order valence-electron chi connectivity index (χ1n) is 8.73. The highest BCUT2D eigenvalue weighted by Gasteiger charge is 2.40. The minimum Gasteiger partial charge on any atom is -0.383 e. The third kappa shape index (κ3) is 4.34. The molecule has 2 heterocycles. The lowest BCUT2D eigenvalue weighted by molar-refractivity contribution is 0.0682. The molecule has 2 aliphatic heterocycles. The molecule has 2 fully saturated rings. The topological polar surface area (TPSA) is 48.7 Å². The summed E-state index contributed by atoms with van der Waals surface area (Å²) in [5.41, 5.74) is 2.18. The molecule has 0 N–H and O–H groups in total. The fourth-order valence-electron chi connectivity index (χ4n) is 3.90. The van der Waals surface area contributed by atoms with Gasteiger partial charge >= 0.3 is 0 Å². The monoisotopic (exact) mass is 329 g/mol. The smallest absolute Gasteiger partial charge is 0.0991 e. The van der Waals surface area contributed by atoms with Gasteiger partial charge in [-0.3, -0.25) is 4.90 Å². The average Bonchev–Trinajstić information content (AvgIpc) is 2.88. The Morgan fingerprint density at radius 1 is 1.29 bits per heavy atom. The van der Waals surface area contributed by atoms with Crippen molar-refractivity contribution in [1.82, 2.24) is 9.80 Å². The van der Waals surface area contributed by atoms with Crippen molar-refractivity contribution in [3.63, 3.8) is 0 Å². The number of benzene rings is 1. The van der Waals surface area contributed by atoms with Crippen molar-refractivity contribution in [3.8, 4) is 6.07 Å². The van der Waals surface area contributed by atoms with Crippen molar-refractivity contribution >= 4 is 0 Å². The van der Waals surface area contributed by atoms with Crippen molar-refractivity contribution < 1.29 is 9.47 Å². The Bertz CT molecular complexity index is 586. The van der Waals surface area contributed by atoms with Crippen LogP contribution in [0.1, 0.15) is 17.5 Å². The van der Waals surface area contributed by atoms with Gasteiger partial charge in [-0.25, -0.2) is 0 Å². The van der Waals surface area contributed by atoms with Crippen LogP contribution in [0, 0.1) is 16.7 Å². The van der Waals surface area contributed by atoms with Crippen LogP contribution in [0.4, 0.5) is 0 Å². The van der Waals surface area contributed by atoms with Crippen molar-refractivity contribution in [2.45, 2.75) is 13.0 Å². The third-order valence-corrected chi connectivity index (χ3v) is 5.11. The summed E-state index contributed by atoms with van der Waals surface area (Å²) in [5, 5.41) is 9.08. The Kier molecular flexibility index (Phi) is 5.85. The fraction of sp³-hybridized carbons (Fsp3) is 0.632. The van der Waals surface area contributed by atoms with Crippen LogP contribution in [-0.4, -0.2) is 69.5 Å². The van der Waals surface area contributed by atoms with Crippen molar-refractivity contribution in [2.24, 2.45) is 5.41 Å². The van der Waals surface area contributed by atoms with Crippen molar-refractivity contribution in [3.05, 3.63) is 35.4 Å². The molecule has 0 radical (unpaired) electrons. The van der Waals surface area contributed by atoms with Gasteiger partial charge in [-0.05, 0) is 30.7 Å². The minimum atomic E-state index is 0.233. The molecule has 2 saturated heterocycles. The van der Waals surface area contributed by atoms with Gasteiger partial charge in [0.15, 0.2) is 0 Å². The van der Waals surface area contributed by atoms with Crippen LogP contribution in [0.3, 0.4) is 0 Å². The van der Waals surface area contributed by atoms with E-state index in [2.05, 4.69) is 21.9 Å². The van der Waals surface area contributed by atoms with Gasteiger partial charge in [0, 0.05) is 45.2 Å². The molecule has 1 aromatic carbocycles. The van der Waals surface area contributed by atoms with E-state index in [1.165, 1.54) is 12.0 Å². The van der Waals surface area contributed by atoms with E-state index in [1.54, 1.807) is 7.11 Å². The summed E-state index contributed by atoms with van der Waals surface area (Å²) in [5.74, 6) is 0. The molecule has 0 bridgehead atoms. The van der Waals surface area contributed by atoms with Gasteiger partial charge in [0.05, 0.1) is 31.5 Å². The standard InChI is InChI=1S/C19H27N3O2/c1-23-9-7-21-6-5-19(14-21)15-22(8-10-24-16-19)13-18-4-2-3-17(11-18)12-20/h2-4,11H,5-10,13-16H2,1H3. The second-order valence-electron chi connectivity index (χ2n) is 7.09. The average molecular weight is 329 g/mol. The maximum atomic E-state index is 9.08. The Balaban J connectivity index is 1.63. The van der Waals surface area contributed by atoms with Crippen LogP contribution in [0.2, 0.25) is 0 Å². The van der Waals surface area contributed by atoms with E-state index >= 15 is 0 Å². The maximum absolute atomic E-state index is 9.08. The Morgan fingerprint density at radius 2 is 2.17 bits per heavy atom. The molecule has 0 saturated carbocycles. The van der Waals surface area contributed by atoms with Gasteiger partial charge in [0.1, 0.15) is 0 Å². The van der Waals surface area contributed by atoms with Gasteiger partial charge in [0.2, 0.25) is 0 Å². The molecular weight excluding hydrogens is 302 g/mol. The summed E-state index contributed by atoms with van der Waals surface area (Å²) >= 11 is 0. The van der Waals surface area contributed by atoms with Crippen LogP contribution in [0.15, 0.2) is 24.3 Å². The number of methoxy groups -OCH3 is 1. The summed E-state index contributed by atoms with van der Waals surface area (Å²) in [7, 11) is 1.76. The van der Waals surface area contributed by atoms with Crippen LogP contribution in [-0.2, 0) is 16.0 Å². The first-order valence-corrected chi connectivity index (χ1v) is 8.73. The van der Waals surface area contributed by atoms with Crippen LogP contribution in [0.25, 0.3) is 0 Å². The van der Waals surface area contributed by atoms with Crippen molar-refractivity contribution in [1.29, 1.82) is 5.26 Å². The second kappa shape index (κ2) is 8.09. The van der Waals surface area contributed by atoms with Gasteiger partial charge in [-0.1, -0.05) is 12.1 Å².